The van der Waals surface area contributed by atoms with Crippen molar-refractivity contribution in [2.24, 2.45) is 9.98 Å². The van der Waals surface area contributed by atoms with Crippen LogP contribution in [0, 0.1) is 13.8 Å². The fraction of sp³-hybridized carbons (Fsp3) is 0.708. The van der Waals surface area contributed by atoms with Gasteiger partial charge in [0.15, 0.2) is 0 Å². The number of hydrogen-bond donors (Lipinski definition) is 4. The second kappa shape index (κ2) is 24.5. The van der Waals surface area contributed by atoms with Crippen molar-refractivity contribution in [3.8, 4) is 11.5 Å². The Morgan fingerprint density at radius 1 is 0.591 bits per heavy atom. The van der Waals surface area contributed by atoms with E-state index in [1.807, 2.05) is 38.4 Å². The van der Waals surface area contributed by atoms with Gasteiger partial charge in [-0.25, -0.2) is 0 Å². The number of aromatic hydroxyl groups is 2. The average Bonchev–Trinajstić information content (AvgIpc) is 3.37. The lowest BCUT2D eigenvalue weighted by atomic mass is 9.91. The maximum Gasteiger partial charge on any atom is 0.228 e. The largest absolute Gasteiger partial charge is 0.507 e. The Morgan fingerprint density at radius 2 is 1.05 bits per heavy atom. The first-order chi connectivity index (χ1) is 32.3. The molecular formula is C48H78N8O8P2+2. The summed E-state index contributed by atoms with van der Waals surface area (Å²) in [4.78, 5) is 10.3. The number of phenolic OH excluding ortho intramolecular Hbond substituents is 2. The third-order valence-corrected chi connectivity index (χ3v) is 23.3. The molecule has 16 nitrogen and oxygen atoms in total. The quantitative estimate of drug-likeness (QED) is 0.123. The van der Waals surface area contributed by atoms with E-state index in [-0.39, 0.29) is 24.4 Å². The van der Waals surface area contributed by atoms with E-state index in [2.05, 4.69) is 40.6 Å². The van der Waals surface area contributed by atoms with Crippen LogP contribution in [-0.2, 0) is 36.5 Å². The molecule has 2 atom stereocenters. The van der Waals surface area contributed by atoms with Crippen LogP contribution < -0.4 is 5.09 Å². The van der Waals surface area contributed by atoms with E-state index >= 15 is 0 Å². The van der Waals surface area contributed by atoms with Gasteiger partial charge in [-0.05, 0) is 61.1 Å². The number of aliphatic imine (C=N–C) groups is 2. The Labute approximate surface area is 394 Å². The molecule has 0 amide bonds. The summed E-state index contributed by atoms with van der Waals surface area (Å²) in [6.07, 6.45) is 11.1. The van der Waals surface area contributed by atoms with Crippen molar-refractivity contribution < 1.29 is 39.0 Å². The number of nitrogens with one attached hydrogen (secondary N) is 1. The summed E-state index contributed by atoms with van der Waals surface area (Å²) in [7, 11) is -4.24. The highest BCUT2D eigenvalue weighted by molar-refractivity contribution is 7.69. The normalized spacial score (nSPS) is 24.5. The van der Waals surface area contributed by atoms with Crippen molar-refractivity contribution >= 4 is 27.9 Å². The number of morpholine rings is 5. The SMILES string of the molecule is Cc1cc(C)c(O)c(C=NC2CCCCC2N=Cc2cc(CC[P+](NCCO)(N3CCOCC3)N3CCOCC3)cc(CC[P+](N3CCOCC3)(N3CCOCC3)N3CCOCC3)c2O)c1. The van der Waals surface area contributed by atoms with Gasteiger partial charge in [0.2, 0.25) is 15.4 Å². The predicted octanol–water partition coefficient (Wildman–Crippen LogP) is 4.42. The number of hydrogen-bond acceptors (Lipinski definition) is 16. The number of aliphatic hydroxyl groups excluding tert-OH is 1. The van der Waals surface area contributed by atoms with Gasteiger partial charge in [0.05, 0.1) is 157 Å². The minimum atomic E-state index is -2.14. The number of rotatable bonds is 18. The van der Waals surface area contributed by atoms with E-state index in [1.165, 1.54) is 5.56 Å². The lowest BCUT2D eigenvalue weighted by molar-refractivity contribution is 0.0350. The molecule has 5 saturated heterocycles. The zero-order valence-corrected chi connectivity index (χ0v) is 41.5. The van der Waals surface area contributed by atoms with Crippen LogP contribution >= 0.6 is 15.4 Å². The molecule has 2 aromatic carbocycles. The Balaban J connectivity index is 1.15. The lowest BCUT2D eigenvalue weighted by Crippen LogP contribution is -2.55. The van der Waals surface area contributed by atoms with E-state index in [1.54, 1.807) is 0 Å². The summed E-state index contributed by atoms with van der Waals surface area (Å²) < 4.78 is 43.1. The standard InChI is InChI=1S/C48H76N8O8P2/c1-39-33-40(2)47(58)43(34-39)37-49-45-5-3-4-6-46(45)50-38-44-36-41(7-31-65(51-9-20-57,52-10-21-60-22-11-52)53-12-23-61-24-13-53)35-42(48(44)59)8-32-66(54-14-25-62-26-15-54,55-16-27-63-28-17-55)56-18-29-64-30-19-56/h33-38,45-46,51,57H,3-32H2,1-2H3/p+2. The second-order valence-electron chi connectivity index (χ2n) is 18.5. The van der Waals surface area contributed by atoms with Gasteiger partial charge in [0.25, 0.3) is 0 Å². The van der Waals surface area contributed by atoms with Crippen molar-refractivity contribution in [3.05, 3.63) is 57.6 Å². The first-order valence-electron chi connectivity index (χ1n) is 24.8. The van der Waals surface area contributed by atoms with Crippen LogP contribution in [0.15, 0.2) is 34.3 Å². The van der Waals surface area contributed by atoms with Crippen LogP contribution in [0.2, 0.25) is 0 Å². The molecule has 0 radical (unpaired) electrons. The van der Waals surface area contributed by atoms with Gasteiger partial charge in [0, 0.05) is 36.4 Å². The number of aryl methyl sites for hydroxylation is 4. The lowest BCUT2D eigenvalue weighted by Gasteiger charge is -2.50. The van der Waals surface area contributed by atoms with Gasteiger partial charge in [-0.2, -0.15) is 5.09 Å². The van der Waals surface area contributed by atoms with E-state index < -0.39 is 15.4 Å². The summed E-state index contributed by atoms with van der Waals surface area (Å²) in [6, 6.07) is 8.37. The fourth-order valence-electron chi connectivity index (χ4n) is 11.0. The molecule has 1 aliphatic carbocycles. The second-order valence-corrected chi connectivity index (χ2v) is 25.4. The molecule has 5 heterocycles. The van der Waals surface area contributed by atoms with E-state index in [0.29, 0.717) is 45.1 Å². The summed E-state index contributed by atoms with van der Waals surface area (Å²) in [5, 5.41) is 37.5. The Morgan fingerprint density at radius 3 is 1.52 bits per heavy atom. The van der Waals surface area contributed by atoms with Crippen LogP contribution in [0.25, 0.3) is 0 Å². The van der Waals surface area contributed by atoms with Gasteiger partial charge in [-0.15, -0.1) is 23.4 Å². The molecule has 2 aromatic rings. The fourth-order valence-corrected chi connectivity index (χ4v) is 20.0. The molecule has 6 aliphatic rings. The summed E-state index contributed by atoms with van der Waals surface area (Å²) in [5.74, 6) is 0.584. The van der Waals surface area contributed by atoms with Gasteiger partial charge in [0.1, 0.15) is 23.8 Å². The molecule has 18 heteroatoms. The van der Waals surface area contributed by atoms with Crippen molar-refractivity contribution in [2.75, 3.05) is 157 Å². The molecule has 1 saturated carbocycles. The molecule has 0 aromatic heterocycles. The monoisotopic (exact) mass is 957 g/mol. The Kier molecular flexibility index (Phi) is 18.7. The van der Waals surface area contributed by atoms with Crippen molar-refractivity contribution in [3.63, 3.8) is 0 Å². The molecule has 66 heavy (non-hydrogen) atoms. The Hall–Kier alpha value is -2.24. The summed E-state index contributed by atoms with van der Waals surface area (Å²) in [6.45, 7) is 20.3. The zero-order valence-electron chi connectivity index (χ0n) is 39.7. The highest BCUT2D eigenvalue weighted by atomic mass is 31.2. The smallest absolute Gasteiger partial charge is 0.228 e. The van der Waals surface area contributed by atoms with Crippen LogP contribution in [-0.4, -0.2) is 220 Å². The van der Waals surface area contributed by atoms with Gasteiger partial charge < -0.3 is 39.0 Å². The maximum absolute atomic E-state index is 12.5. The van der Waals surface area contributed by atoms with Crippen LogP contribution in [0.1, 0.15) is 59.1 Å². The van der Waals surface area contributed by atoms with Gasteiger partial charge in [-0.1, -0.05) is 25.0 Å². The van der Waals surface area contributed by atoms with E-state index in [9.17, 15) is 15.3 Å². The molecule has 0 bridgehead atoms. The molecule has 4 N–H and O–H groups in total. The average molecular weight is 957 g/mol. The predicted molar refractivity (Wildman–Crippen MR) is 265 cm³/mol. The van der Waals surface area contributed by atoms with Crippen LogP contribution in [0.5, 0.6) is 11.5 Å². The minimum absolute atomic E-state index is 0.0222. The molecule has 6 fully saturated rings. The van der Waals surface area contributed by atoms with Crippen molar-refractivity contribution in [2.45, 2.75) is 64.5 Å². The Bertz CT molecular complexity index is 1840. The number of benzene rings is 2. The van der Waals surface area contributed by atoms with Gasteiger partial charge in [-0.3, -0.25) is 9.98 Å². The number of ether oxygens (including phenoxy) is 5. The third-order valence-electron chi connectivity index (χ3n) is 14.4. The zero-order chi connectivity index (χ0) is 45.8. The molecule has 366 valence electrons. The number of nitrogens with zero attached hydrogens (tertiary/aromatic N) is 7. The first-order valence-corrected chi connectivity index (χ1v) is 28.5. The molecular weight excluding hydrogens is 879 g/mol. The highest BCUT2D eigenvalue weighted by Gasteiger charge is 2.57. The topological polar surface area (TPSA) is 160 Å². The third kappa shape index (κ3) is 12.0. The number of aliphatic hydroxyl groups is 1. The molecule has 2 unspecified atom stereocenters. The minimum Gasteiger partial charge on any atom is -0.507 e. The molecule has 5 aliphatic heterocycles. The summed E-state index contributed by atoms with van der Waals surface area (Å²) in [5.41, 5.74) is 5.56. The first kappa shape index (κ1) is 50.2. The maximum atomic E-state index is 12.5. The van der Waals surface area contributed by atoms with E-state index in [0.717, 1.165) is 177 Å². The van der Waals surface area contributed by atoms with Crippen molar-refractivity contribution in [1.29, 1.82) is 0 Å². The van der Waals surface area contributed by atoms with Crippen molar-refractivity contribution in [1.82, 2.24) is 28.4 Å². The number of phenols is 2. The molecule has 8 rings (SSSR count). The van der Waals surface area contributed by atoms with Crippen LogP contribution in [0.3, 0.4) is 0 Å². The highest BCUT2D eigenvalue weighted by Crippen LogP contribution is 2.68. The molecule has 0 spiro atoms. The van der Waals surface area contributed by atoms with E-state index in [4.69, 9.17) is 33.7 Å². The van der Waals surface area contributed by atoms with Gasteiger partial charge >= 0.3 is 0 Å². The van der Waals surface area contributed by atoms with Crippen LogP contribution in [0.4, 0.5) is 0 Å². The summed E-state index contributed by atoms with van der Waals surface area (Å²) >= 11 is 0.